The van der Waals surface area contributed by atoms with Gasteiger partial charge >= 0.3 is 0 Å². The maximum absolute atomic E-state index is 5.41. The van der Waals surface area contributed by atoms with Crippen molar-refractivity contribution in [2.45, 2.75) is 6.54 Å². The number of thiophene rings is 1. The summed E-state index contributed by atoms with van der Waals surface area (Å²) >= 11 is 5.04. The molecule has 1 fully saturated rings. The summed E-state index contributed by atoms with van der Waals surface area (Å²) in [6.07, 6.45) is 3.38. The molecular formula is C16H17BrN6O2S. The molecule has 1 aliphatic rings. The third-order valence-electron chi connectivity index (χ3n) is 4.13. The van der Waals surface area contributed by atoms with Gasteiger partial charge in [-0.05, 0) is 28.1 Å². The van der Waals surface area contributed by atoms with Crippen molar-refractivity contribution in [3.63, 3.8) is 0 Å². The molecule has 26 heavy (non-hydrogen) atoms. The van der Waals surface area contributed by atoms with Crippen molar-refractivity contribution in [2.24, 2.45) is 0 Å². The van der Waals surface area contributed by atoms with E-state index in [9.17, 15) is 0 Å². The van der Waals surface area contributed by atoms with Crippen LogP contribution in [0, 0.1) is 0 Å². The van der Waals surface area contributed by atoms with Crippen LogP contribution in [0.2, 0.25) is 0 Å². The van der Waals surface area contributed by atoms with Gasteiger partial charge in [0.05, 0.1) is 34.7 Å². The predicted molar refractivity (Wildman–Crippen MR) is 101 cm³/mol. The van der Waals surface area contributed by atoms with Crippen molar-refractivity contribution in [1.29, 1.82) is 0 Å². The lowest BCUT2D eigenvalue weighted by Gasteiger charge is -2.34. The van der Waals surface area contributed by atoms with Gasteiger partial charge < -0.3 is 14.2 Å². The number of hydrogen-bond donors (Lipinski definition) is 0. The second kappa shape index (κ2) is 7.68. The zero-order valence-corrected chi connectivity index (χ0v) is 16.5. The molecule has 4 heterocycles. The second-order valence-corrected chi connectivity index (χ2v) is 8.26. The van der Waals surface area contributed by atoms with Gasteiger partial charge in [-0.1, -0.05) is 5.16 Å². The fourth-order valence-electron chi connectivity index (χ4n) is 2.77. The minimum absolute atomic E-state index is 0.531. The van der Waals surface area contributed by atoms with E-state index in [1.807, 2.05) is 12.1 Å². The Balaban J connectivity index is 1.34. The first kappa shape index (κ1) is 17.4. The molecule has 0 spiro atoms. The fraction of sp³-hybridized carbons (Fsp3) is 0.375. The number of nitrogens with zero attached hydrogens (tertiary/aromatic N) is 6. The molecule has 0 atom stereocenters. The van der Waals surface area contributed by atoms with E-state index in [0.717, 1.165) is 40.7 Å². The van der Waals surface area contributed by atoms with Crippen LogP contribution >= 0.6 is 27.3 Å². The Bertz CT molecular complexity index is 877. The van der Waals surface area contributed by atoms with E-state index < -0.39 is 0 Å². The summed E-state index contributed by atoms with van der Waals surface area (Å²) in [6, 6.07) is 3.97. The van der Waals surface area contributed by atoms with E-state index in [2.05, 4.69) is 45.8 Å². The third kappa shape index (κ3) is 3.87. The Kier molecular flexibility index (Phi) is 5.14. The molecule has 136 valence electrons. The standard InChI is InChI=1S/C16H17BrN6O2S/c1-24-14-9-18-8-13(19-14)23-6-4-22(5-7-23)10-15-20-16(21-25-15)11-2-3-12(17)26-11/h2-3,8-9H,4-7,10H2,1H3. The average molecular weight is 437 g/mol. The van der Waals surface area contributed by atoms with E-state index in [0.29, 0.717) is 24.1 Å². The first-order valence-electron chi connectivity index (χ1n) is 8.13. The molecule has 4 rings (SSSR count). The molecule has 0 radical (unpaired) electrons. The topological polar surface area (TPSA) is 80.4 Å². The van der Waals surface area contributed by atoms with Crippen LogP contribution in [-0.2, 0) is 6.54 Å². The van der Waals surface area contributed by atoms with E-state index >= 15 is 0 Å². The second-order valence-electron chi connectivity index (χ2n) is 5.80. The lowest BCUT2D eigenvalue weighted by molar-refractivity contribution is 0.215. The molecule has 0 unspecified atom stereocenters. The van der Waals surface area contributed by atoms with Crippen LogP contribution in [-0.4, -0.2) is 58.3 Å². The minimum Gasteiger partial charge on any atom is -0.480 e. The maximum atomic E-state index is 5.41. The predicted octanol–water partition coefficient (Wildman–Crippen LogP) is 2.68. The number of anilines is 1. The maximum Gasteiger partial charge on any atom is 0.241 e. The van der Waals surface area contributed by atoms with Crippen molar-refractivity contribution in [3.05, 3.63) is 34.2 Å². The zero-order valence-electron chi connectivity index (χ0n) is 14.1. The van der Waals surface area contributed by atoms with Gasteiger partial charge in [0.1, 0.15) is 0 Å². The first-order valence-corrected chi connectivity index (χ1v) is 9.74. The Labute approximate surface area is 162 Å². The third-order valence-corrected chi connectivity index (χ3v) is 5.75. The monoisotopic (exact) mass is 436 g/mol. The van der Waals surface area contributed by atoms with Crippen molar-refractivity contribution in [1.82, 2.24) is 25.0 Å². The highest BCUT2D eigenvalue weighted by Gasteiger charge is 2.21. The molecule has 0 N–H and O–H groups in total. The van der Waals surface area contributed by atoms with E-state index in [1.54, 1.807) is 30.8 Å². The Morgan fingerprint density at radius 1 is 1.19 bits per heavy atom. The summed E-state index contributed by atoms with van der Waals surface area (Å²) in [7, 11) is 1.60. The molecule has 10 heteroatoms. The van der Waals surface area contributed by atoms with Gasteiger partial charge in [0.15, 0.2) is 5.82 Å². The molecule has 8 nitrogen and oxygen atoms in total. The molecule has 0 saturated carbocycles. The quantitative estimate of drug-likeness (QED) is 0.603. The molecule has 3 aromatic heterocycles. The van der Waals surface area contributed by atoms with Crippen molar-refractivity contribution >= 4 is 33.1 Å². The summed E-state index contributed by atoms with van der Waals surface area (Å²) in [6.45, 7) is 4.15. The van der Waals surface area contributed by atoms with Gasteiger partial charge in [0.25, 0.3) is 0 Å². The minimum atomic E-state index is 0.531. The molecule has 0 aliphatic carbocycles. The Morgan fingerprint density at radius 2 is 2.04 bits per heavy atom. The lowest BCUT2D eigenvalue weighted by atomic mass is 10.3. The normalized spacial score (nSPS) is 15.4. The van der Waals surface area contributed by atoms with Crippen molar-refractivity contribution in [2.75, 3.05) is 38.2 Å². The molecule has 0 amide bonds. The number of hydrogen-bond acceptors (Lipinski definition) is 9. The van der Waals surface area contributed by atoms with E-state index in [-0.39, 0.29) is 0 Å². The Morgan fingerprint density at radius 3 is 2.77 bits per heavy atom. The van der Waals surface area contributed by atoms with Crippen molar-refractivity contribution < 1.29 is 9.26 Å². The molecule has 1 aliphatic heterocycles. The number of halogens is 1. The van der Waals surface area contributed by atoms with Crippen LogP contribution in [0.5, 0.6) is 5.88 Å². The number of piperazine rings is 1. The van der Waals surface area contributed by atoms with Gasteiger partial charge in [0.2, 0.25) is 17.6 Å². The smallest absolute Gasteiger partial charge is 0.241 e. The summed E-state index contributed by atoms with van der Waals surface area (Å²) in [5.41, 5.74) is 0. The number of ether oxygens (including phenoxy) is 1. The highest BCUT2D eigenvalue weighted by molar-refractivity contribution is 9.11. The van der Waals surface area contributed by atoms with Gasteiger partial charge in [-0.3, -0.25) is 9.88 Å². The number of rotatable bonds is 5. The SMILES string of the molecule is COc1cncc(N2CCN(Cc3nc(-c4ccc(Br)s4)no3)CC2)n1. The van der Waals surface area contributed by atoms with Crippen molar-refractivity contribution in [3.8, 4) is 16.6 Å². The van der Waals surface area contributed by atoms with Crippen LogP contribution in [0.15, 0.2) is 32.8 Å². The summed E-state index contributed by atoms with van der Waals surface area (Å²) in [4.78, 5) is 18.6. The molecular weight excluding hydrogens is 420 g/mol. The molecule has 0 bridgehead atoms. The first-order chi connectivity index (χ1) is 12.7. The van der Waals surface area contributed by atoms with Crippen LogP contribution in [0.4, 0.5) is 5.82 Å². The molecule has 0 aromatic carbocycles. The highest BCUT2D eigenvalue weighted by Crippen LogP contribution is 2.29. The summed E-state index contributed by atoms with van der Waals surface area (Å²) in [5, 5.41) is 4.08. The van der Waals surface area contributed by atoms with Gasteiger partial charge in [-0.2, -0.15) is 9.97 Å². The van der Waals surface area contributed by atoms with E-state index in [4.69, 9.17) is 9.26 Å². The number of methoxy groups -OCH3 is 1. The van der Waals surface area contributed by atoms with Gasteiger partial charge in [0, 0.05) is 26.2 Å². The van der Waals surface area contributed by atoms with Crippen LogP contribution in [0.25, 0.3) is 10.7 Å². The summed E-state index contributed by atoms with van der Waals surface area (Å²) in [5.74, 6) is 2.65. The zero-order chi connectivity index (χ0) is 17.9. The van der Waals surface area contributed by atoms with Crippen LogP contribution < -0.4 is 9.64 Å². The average Bonchev–Trinajstić information content (AvgIpc) is 3.31. The fourth-order valence-corrected chi connectivity index (χ4v) is 4.08. The summed E-state index contributed by atoms with van der Waals surface area (Å²) < 4.78 is 11.6. The molecule has 1 saturated heterocycles. The van der Waals surface area contributed by atoms with Gasteiger partial charge in [-0.15, -0.1) is 11.3 Å². The highest BCUT2D eigenvalue weighted by atomic mass is 79.9. The number of aromatic nitrogens is 4. The van der Waals surface area contributed by atoms with Gasteiger partial charge in [-0.25, -0.2) is 0 Å². The van der Waals surface area contributed by atoms with Crippen LogP contribution in [0.3, 0.4) is 0 Å². The largest absolute Gasteiger partial charge is 0.480 e. The van der Waals surface area contributed by atoms with E-state index in [1.165, 1.54) is 0 Å². The van der Waals surface area contributed by atoms with Crippen LogP contribution in [0.1, 0.15) is 5.89 Å². The Hall–Kier alpha value is -2.04. The lowest BCUT2D eigenvalue weighted by Crippen LogP contribution is -2.46. The molecule has 3 aromatic rings.